The summed E-state index contributed by atoms with van der Waals surface area (Å²) in [6.07, 6.45) is 1.86. The number of amidine groups is 1. The van der Waals surface area contributed by atoms with E-state index in [0.29, 0.717) is 15.1 Å². The molecule has 0 aromatic heterocycles. The number of ether oxygens (including phenoxy) is 1. The number of benzene rings is 2. The first-order valence-corrected chi connectivity index (χ1v) is 8.86. The van der Waals surface area contributed by atoms with Crippen LogP contribution in [0.1, 0.15) is 16.7 Å². The fraction of sp³-hybridized carbons (Fsp3) is 0.158. The lowest BCUT2D eigenvalue weighted by molar-refractivity contribution is -0.115. The average molecular weight is 373 g/mol. The molecule has 0 saturated carbocycles. The molecule has 6 heteroatoms. The molecular formula is C19H17ClN2O2S. The molecule has 1 fully saturated rings. The Hall–Kier alpha value is -2.24. The number of hydrogen-bond acceptors (Lipinski definition) is 4. The molecule has 3 rings (SSSR count). The van der Waals surface area contributed by atoms with E-state index in [2.05, 4.69) is 10.3 Å². The monoisotopic (exact) mass is 372 g/mol. The van der Waals surface area contributed by atoms with Gasteiger partial charge in [0.25, 0.3) is 5.91 Å². The van der Waals surface area contributed by atoms with Crippen LogP contribution in [0.25, 0.3) is 6.08 Å². The molecule has 0 aliphatic carbocycles. The van der Waals surface area contributed by atoms with E-state index in [4.69, 9.17) is 16.3 Å². The highest BCUT2D eigenvalue weighted by molar-refractivity contribution is 8.18. The second kappa shape index (κ2) is 7.33. The number of hydrogen-bond donors (Lipinski definition) is 1. The third-order valence-corrected chi connectivity index (χ3v) is 5.19. The van der Waals surface area contributed by atoms with Gasteiger partial charge in [0.15, 0.2) is 5.17 Å². The van der Waals surface area contributed by atoms with Gasteiger partial charge in [-0.3, -0.25) is 4.79 Å². The van der Waals surface area contributed by atoms with E-state index in [1.807, 2.05) is 56.3 Å². The zero-order chi connectivity index (χ0) is 18.0. The highest BCUT2D eigenvalue weighted by Gasteiger charge is 2.24. The first kappa shape index (κ1) is 17.6. The molecule has 1 N–H and O–H groups in total. The van der Waals surface area contributed by atoms with Gasteiger partial charge in [0.05, 0.1) is 17.7 Å². The summed E-state index contributed by atoms with van der Waals surface area (Å²) in [7, 11) is 1.63. The van der Waals surface area contributed by atoms with Crippen LogP contribution in [0.15, 0.2) is 46.3 Å². The van der Waals surface area contributed by atoms with Gasteiger partial charge < -0.3 is 10.1 Å². The summed E-state index contributed by atoms with van der Waals surface area (Å²) in [4.78, 5) is 17.4. The third-order valence-electron chi connectivity index (χ3n) is 3.88. The van der Waals surface area contributed by atoms with Crippen molar-refractivity contribution in [3.05, 3.63) is 63.0 Å². The van der Waals surface area contributed by atoms with Crippen molar-refractivity contribution in [2.75, 3.05) is 7.11 Å². The zero-order valence-electron chi connectivity index (χ0n) is 14.1. The zero-order valence-corrected chi connectivity index (χ0v) is 15.7. The Morgan fingerprint density at radius 1 is 1.24 bits per heavy atom. The number of nitrogens with zero attached hydrogens (tertiary/aromatic N) is 1. The fourth-order valence-electron chi connectivity index (χ4n) is 2.39. The Morgan fingerprint density at radius 2 is 2.04 bits per heavy atom. The lowest BCUT2D eigenvalue weighted by Crippen LogP contribution is -2.19. The molecule has 1 amide bonds. The average Bonchev–Trinajstić information content (AvgIpc) is 2.93. The molecule has 1 aliphatic rings. The van der Waals surface area contributed by atoms with E-state index in [1.54, 1.807) is 7.11 Å². The summed E-state index contributed by atoms with van der Waals surface area (Å²) in [5.41, 5.74) is 3.64. The first-order valence-electron chi connectivity index (χ1n) is 7.67. The van der Waals surface area contributed by atoms with E-state index in [0.717, 1.165) is 28.1 Å². The second-order valence-corrected chi connectivity index (χ2v) is 7.03. The molecule has 0 bridgehead atoms. The predicted molar refractivity (Wildman–Crippen MR) is 105 cm³/mol. The highest BCUT2D eigenvalue weighted by Crippen LogP contribution is 2.31. The minimum atomic E-state index is -0.154. The maximum atomic E-state index is 12.2. The summed E-state index contributed by atoms with van der Waals surface area (Å²) in [5, 5.41) is 4.00. The number of methoxy groups -OCH3 is 1. The normalized spacial score (nSPS) is 17.2. The topological polar surface area (TPSA) is 50.7 Å². The first-order chi connectivity index (χ1) is 12.0. The number of thioether (sulfide) groups is 1. The van der Waals surface area contributed by atoms with Gasteiger partial charge >= 0.3 is 0 Å². The number of aryl methyl sites for hydroxylation is 1. The van der Waals surface area contributed by atoms with Crippen LogP contribution in [0.3, 0.4) is 0 Å². The number of carbonyl (C=O) groups excluding carboxylic acids is 1. The minimum Gasteiger partial charge on any atom is -0.497 e. The van der Waals surface area contributed by atoms with Gasteiger partial charge in [-0.05, 0) is 72.6 Å². The molecule has 0 spiro atoms. The number of amides is 1. The summed E-state index contributed by atoms with van der Waals surface area (Å²) in [5.74, 6) is 0.639. The summed E-state index contributed by atoms with van der Waals surface area (Å²) < 4.78 is 5.21. The van der Waals surface area contributed by atoms with Crippen molar-refractivity contribution in [3.63, 3.8) is 0 Å². The molecule has 1 aliphatic heterocycles. The number of carbonyl (C=O) groups is 1. The summed E-state index contributed by atoms with van der Waals surface area (Å²) >= 11 is 7.44. The maximum Gasteiger partial charge on any atom is 0.264 e. The lowest BCUT2D eigenvalue weighted by Gasteiger charge is -2.04. The molecule has 1 heterocycles. The Kier molecular flexibility index (Phi) is 5.16. The van der Waals surface area contributed by atoms with E-state index in [-0.39, 0.29) is 5.91 Å². The van der Waals surface area contributed by atoms with Crippen molar-refractivity contribution in [2.24, 2.45) is 4.99 Å². The van der Waals surface area contributed by atoms with Crippen molar-refractivity contribution in [1.82, 2.24) is 5.32 Å². The molecule has 1 saturated heterocycles. The van der Waals surface area contributed by atoms with Crippen molar-refractivity contribution < 1.29 is 9.53 Å². The predicted octanol–water partition coefficient (Wildman–Crippen LogP) is 4.86. The third kappa shape index (κ3) is 3.89. The molecule has 4 nitrogen and oxygen atoms in total. The van der Waals surface area contributed by atoms with Crippen LogP contribution in [0, 0.1) is 13.8 Å². The van der Waals surface area contributed by atoms with Gasteiger partial charge in [0.1, 0.15) is 5.75 Å². The van der Waals surface area contributed by atoms with Crippen molar-refractivity contribution in [3.8, 4) is 5.75 Å². The largest absolute Gasteiger partial charge is 0.497 e. The molecule has 0 radical (unpaired) electrons. The van der Waals surface area contributed by atoms with Crippen LogP contribution in [-0.2, 0) is 4.79 Å². The van der Waals surface area contributed by atoms with Gasteiger partial charge in [-0.2, -0.15) is 0 Å². The van der Waals surface area contributed by atoms with Gasteiger partial charge in [0, 0.05) is 5.02 Å². The van der Waals surface area contributed by atoms with Crippen LogP contribution < -0.4 is 10.1 Å². The van der Waals surface area contributed by atoms with Crippen molar-refractivity contribution in [2.45, 2.75) is 13.8 Å². The number of nitrogens with one attached hydrogen (secondary N) is 1. The SMILES string of the molecule is COc1ccc(/C=C2\SC(=Nc3cccc(Cl)c3C)NC2=O)c(C)c1. The lowest BCUT2D eigenvalue weighted by atomic mass is 10.1. The van der Waals surface area contributed by atoms with E-state index in [1.165, 1.54) is 11.8 Å². The number of aliphatic imine (C=N–C) groups is 1. The van der Waals surface area contributed by atoms with E-state index < -0.39 is 0 Å². The number of rotatable bonds is 3. The Labute approximate surface area is 155 Å². The van der Waals surface area contributed by atoms with Crippen LogP contribution in [0.4, 0.5) is 5.69 Å². The van der Waals surface area contributed by atoms with E-state index in [9.17, 15) is 4.79 Å². The Morgan fingerprint density at radius 3 is 2.76 bits per heavy atom. The number of halogens is 1. The molecule has 2 aromatic rings. The molecule has 2 aromatic carbocycles. The molecule has 0 unspecified atom stereocenters. The quantitative estimate of drug-likeness (QED) is 0.783. The highest BCUT2D eigenvalue weighted by atomic mass is 35.5. The van der Waals surface area contributed by atoms with Crippen LogP contribution in [0.5, 0.6) is 5.75 Å². The standard InChI is InChI=1S/C19H17ClN2O2S/c1-11-9-14(24-3)8-7-13(11)10-17-18(23)22-19(25-17)21-16-6-4-5-15(20)12(16)2/h4-10H,1-3H3,(H,21,22,23)/b17-10-. The second-order valence-electron chi connectivity index (χ2n) is 5.59. The molecule has 0 atom stereocenters. The maximum absolute atomic E-state index is 12.2. The van der Waals surface area contributed by atoms with Crippen molar-refractivity contribution in [1.29, 1.82) is 0 Å². The smallest absolute Gasteiger partial charge is 0.264 e. The summed E-state index contributed by atoms with van der Waals surface area (Å²) in [6, 6.07) is 11.3. The van der Waals surface area contributed by atoms with Gasteiger partial charge in [0.2, 0.25) is 0 Å². The molecular weight excluding hydrogens is 356 g/mol. The molecule has 128 valence electrons. The Balaban J connectivity index is 1.87. The van der Waals surface area contributed by atoms with Gasteiger partial charge in [-0.15, -0.1) is 0 Å². The van der Waals surface area contributed by atoms with E-state index >= 15 is 0 Å². The van der Waals surface area contributed by atoms with Gasteiger partial charge in [-0.25, -0.2) is 4.99 Å². The minimum absolute atomic E-state index is 0.154. The van der Waals surface area contributed by atoms with Crippen LogP contribution in [-0.4, -0.2) is 18.2 Å². The van der Waals surface area contributed by atoms with Crippen LogP contribution in [0.2, 0.25) is 5.02 Å². The van der Waals surface area contributed by atoms with Gasteiger partial charge in [-0.1, -0.05) is 23.7 Å². The van der Waals surface area contributed by atoms with Crippen molar-refractivity contribution >= 4 is 46.2 Å². The van der Waals surface area contributed by atoms with Crippen LogP contribution >= 0.6 is 23.4 Å². The molecule has 25 heavy (non-hydrogen) atoms. The summed E-state index contributed by atoms with van der Waals surface area (Å²) in [6.45, 7) is 3.89. The fourth-order valence-corrected chi connectivity index (χ4v) is 3.38. The Bertz CT molecular complexity index is 906.